The zero-order valence-electron chi connectivity index (χ0n) is 13.4. The standard InChI is InChI=1S/C17H14F3N3O2.CH4/c1-23-15(24)17(22-16(23)21,10-5-11(18)8-12(19)6-10)9-3-4-14(25-2)13(20)7-9;/h3-8H,1-2H3,(H2,21,22);1H4. The molecule has 138 valence electrons. The number of hydrogen-bond donors (Lipinski definition) is 1. The lowest BCUT2D eigenvalue weighted by molar-refractivity contribution is -0.129. The van der Waals surface area contributed by atoms with Gasteiger partial charge < -0.3 is 10.5 Å². The molecule has 1 atom stereocenters. The molecule has 0 aliphatic carbocycles. The number of carbonyl (C=O) groups is 1. The Morgan fingerprint density at radius 3 is 2.15 bits per heavy atom. The monoisotopic (exact) mass is 365 g/mol. The van der Waals surface area contributed by atoms with Crippen molar-refractivity contribution in [1.29, 1.82) is 0 Å². The maximum absolute atomic E-state index is 14.2. The predicted molar refractivity (Wildman–Crippen MR) is 91.2 cm³/mol. The number of carbonyl (C=O) groups excluding carboxylic acids is 1. The summed E-state index contributed by atoms with van der Waals surface area (Å²) in [6.07, 6.45) is 0. The summed E-state index contributed by atoms with van der Waals surface area (Å²) in [4.78, 5) is 18.0. The molecule has 0 bridgehead atoms. The predicted octanol–water partition coefficient (Wildman–Crippen LogP) is 2.78. The summed E-state index contributed by atoms with van der Waals surface area (Å²) in [7, 11) is 2.67. The lowest BCUT2D eigenvalue weighted by Gasteiger charge is -2.26. The van der Waals surface area contributed by atoms with Crippen LogP contribution in [0.3, 0.4) is 0 Å². The Kier molecular flexibility index (Phi) is 4.97. The van der Waals surface area contributed by atoms with Crippen molar-refractivity contribution in [3.05, 3.63) is 65.0 Å². The van der Waals surface area contributed by atoms with Crippen LogP contribution in [0.15, 0.2) is 41.4 Å². The second kappa shape index (κ2) is 6.70. The molecule has 1 amide bonds. The van der Waals surface area contributed by atoms with Gasteiger partial charge in [0.05, 0.1) is 7.11 Å². The van der Waals surface area contributed by atoms with Crippen molar-refractivity contribution < 1.29 is 22.7 Å². The lowest BCUT2D eigenvalue weighted by atomic mass is 9.82. The van der Waals surface area contributed by atoms with Crippen molar-refractivity contribution in [3.8, 4) is 5.75 Å². The Morgan fingerprint density at radius 1 is 1.08 bits per heavy atom. The molecular weight excluding hydrogens is 347 g/mol. The third kappa shape index (κ3) is 2.77. The number of likely N-dealkylation sites (N-methyl/N-ethyl adjacent to an activating group) is 1. The van der Waals surface area contributed by atoms with Gasteiger partial charge in [-0.05, 0) is 35.4 Å². The van der Waals surface area contributed by atoms with Gasteiger partial charge in [0.25, 0.3) is 5.91 Å². The van der Waals surface area contributed by atoms with E-state index in [1.165, 1.54) is 26.3 Å². The summed E-state index contributed by atoms with van der Waals surface area (Å²) in [6, 6.07) is 6.35. The smallest absolute Gasteiger partial charge is 0.266 e. The van der Waals surface area contributed by atoms with E-state index in [4.69, 9.17) is 10.5 Å². The highest BCUT2D eigenvalue weighted by Crippen LogP contribution is 2.40. The quantitative estimate of drug-likeness (QED) is 0.910. The van der Waals surface area contributed by atoms with Crippen LogP contribution in [0, 0.1) is 17.5 Å². The zero-order valence-corrected chi connectivity index (χ0v) is 13.4. The molecule has 1 aliphatic heterocycles. The SMILES string of the molecule is C.COc1ccc(C2(c3cc(F)cc(F)c3)N=C(N)N(C)C2=O)cc1F. The number of benzene rings is 2. The number of methoxy groups -OCH3 is 1. The summed E-state index contributed by atoms with van der Waals surface area (Å²) in [6.45, 7) is 0. The minimum absolute atomic E-state index is 0. The molecule has 2 aromatic rings. The molecule has 2 aromatic carbocycles. The van der Waals surface area contributed by atoms with Crippen LogP contribution in [-0.2, 0) is 10.3 Å². The van der Waals surface area contributed by atoms with Crippen molar-refractivity contribution in [2.45, 2.75) is 13.0 Å². The van der Waals surface area contributed by atoms with E-state index in [0.717, 1.165) is 23.1 Å². The highest BCUT2D eigenvalue weighted by atomic mass is 19.1. The number of hydrogen-bond acceptors (Lipinski definition) is 4. The number of guanidine groups is 1. The van der Waals surface area contributed by atoms with E-state index in [1.54, 1.807) is 0 Å². The normalized spacial score (nSPS) is 19.2. The molecule has 8 heteroatoms. The van der Waals surface area contributed by atoms with E-state index in [0.29, 0.717) is 6.07 Å². The van der Waals surface area contributed by atoms with Crippen molar-refractivity contribution >= 4 is 11.9 Å². The Morgan fingerprint density at radius 2 is 1.69 bits per heavy atom. The Hall–Kier alpha value is -3.03. The van der Waals surface area contributed by atoms with E-state index in [2.05, 4.69) is 4.99 Å². The molecule has 0 radical (unpaired) electrons. The summed E-state index contributed by atoms with van der Waals surface area (Å²) in [5.41, 5.74) is 3.84. The molecule has 1 heterocycles. The molecule has 5 nitrogen and oxygen atoms in total. The summed E-state index contributed by atoms with van der Waals surface area (Å²) >= 11 is 0. The van der Waals surface area contributed by atoms with Gasteiger partial charge in [-0.2, -0.15) is 0 Å². The maximum atomic E-state index is 14.2. The van der Waals surface area contributed by atoms with Gasteiger partial charge in [-0.3, -0.25) is 9.69 Å². The molecule has 0 aromatic heterocycles. The third-order valence-corrected chi connectivity index (χ3v) is 4.09. The van der Waals surface area contributed by atoms with Gasteiger partial charge in [-0.25, -0.2) is 18.2 Å². The Bertz CT molecular complexity index is 881. The molecule has 1 aliphatic rings. The number of ether oxygens (including phenoxy) is 1. The van der Waals surface area contributed by atoms with E-state index >= 15 is 0 Å². The van der Waals surface area contributed by atoms with Gasteiger partial charge in [0.15, 0.2) is 23.1 Å². The molecule has 0 spiro atoms. The molecule has 1 unspecified atom stereocenters. The number of nitrogens with zero attached hydrogens (tertiary/aromatic N) is 2. The van der Waals surface area contributed by atoms with Gasteiger partial charge in [-0.1, -0.05) is 13.5 Å². The van der Waals surface area contributed by atoms with Crippen LogP contribution >= 0.6 is 0 Å². The van der Waals surface area contributed by atoms with Crippen LogP contribution in [0.4, 0.5) is 13.2 Å². The minimum Gasteiger partial charge on any atom is -0.494 e. The number of aliphatic imine (C=N–C) groups is 1. The van der Waals surface area contributed by atoms with Crippen molar-refractivity contribution in [2.75, 3.05) is 14.2 Å². The fraction of sp³-hybridized carbons (Fsp3) is 0.222. The third-order valence-electron chi connectivity index (χ3n) is 4.09. The van der Waals surface area contributed by atoms with Gasteiger partial charge in [-0.15, -0.1) is 0 Å². The number of nitrogens with two attached hydrogens (primary N) is 1. The average molecular weight is 365 g/mol. The van der Waals surface area contributed by atoms with Gasteiger partial charge in [0.1, 0.15) is 11.6 Å². The largest absolute Gasteiger partial charge is 0.494 e. The molecule has 0 saturated heterocycles. The number of rotatable bonds is 3. The Balaban J connectivity index is 0.00000243. The first kappa shape index (κ1) is 19.3. The van der Waals surface area contributed by atoms with E-state index in [9.17, 15) is 18.0 Å². The topological polar surface area (TPSA) is 67.9 Å². The minimum atomic E-state index is -1.88. The fourth-order valence-electron chi connectivity index (χ4n) is 2.84. The lowest BCUT2D eigenvalue weighted by Crippen LogP contribution is -2.41. The highest BCUT2D eigenvalue weighted by molar-refractivity contribution is 6.08. The Labute approximate surface area is 148 Å². The average Bonchev–Trinajstić information content (AvgIpc) is 2.79. The highest BCUT2D eigenvalue weighted by Gasteiger charge is 2.50. The van der Waals surface area contributed by atoms with Crippen LogP contribution in [0.5, 0.6) is 5.75 Å². The van der Waals surface area contributed by atoms with E-state index in [-0.39, 0.29) is 30.3 Å². The molecule has 0 fully saturated rings. The second-order valence-corrected chi connectivity index (χ2v) is 5.55. The van der Waals surface area contributed by atoms with Crippen LogP contribution < -0.4 is 10.5 Å². The molecule has 2 N–H and O–H groups in total. The van der Waals surface area contributed by atoms with Gasteiger partial charge >= 0.3 is 0 Å². The fourth-order valence-corrected chi connectivity index (χ4v) is 2.84. The first-order valence-corrected chi connectivity index (χ1v) is 7.23. The first-order chi connectivity index (χ1) is 11.8. The van der Waals surface area contributed by atoms with Crippen molar-refractivity contribution in [3.63, 3.8) is 0 Å². The van der Waals surface area contributed by atoms with Gasteiger partial charge in [0, 0.05) is 13.1 Å². The number of amides is 1. The molecular formula is C18H18F3N3O2. The van der Waals surface area contributed by atoms with Crippen molar-refractivity contribution in [2.24, 2.45) is 10.7 Å². The molecule has 3 rings (SSSR count). The molecule has 26 heavy (non-hydrogen) atoms. The van der Waals surface area contributed by atoms with Crippen LogP contribution in [0.2, 0.25) is 0 Å². The van der Waals surface area contributed by atoms with Crippen LogP contribution in [0.1, 0.15) is 18.6 Å². The summed E-state index contributed by atoms with van der Waals surface area (Å²) < 4.78 is 46.5. The summed E-state index contributed by atoms with van der Waals surface area (Å²) in [5, 5.41) is 0. The number of halogens is 3. The van der Waals surface area contributed by atoms with Crippen molar-refractivity contribution in [1.82, 2.24) is 4.90 Å². The maximum Gasteiger partial charge on any atom is 0.266 e. The van der Waals surface area contributed by atoms with Crippen LogP contribution in [0.25, 0.3) is 0 Å². The first-order valence-electron chi connectivity index (χ1n) is 7.23. The van der Waals surface area contributed by atoms with E-state index < -0.39 is 28.9 Å². The molecule has 0 saturated carbocycles. The summed E-state index contributed by atoms with van der Waals surface area (Å²) in [5.74, 6) is -3.36. The zero-order chi connectivity index (χ0) is 18.4. The van der Waals surface area contributed by atoms with Gasteiger partial charge in [0.2, 0.25) is 0 Å². The van der Waals surface area contributed by atoms with Crippen LogP contribution in [-0.4, -0.2) is 30.9 Å². The second-order valence-electron chi connectivity index (χ2n) is 5.55. The van der Waals surface area contributed by atoms with E-state index in [1.807, 2.05) is 0 Å².